The van der Waals surface area contributed by atoms with Gasteiger partial charge in [-0.2, -0.15) is 5.10 Å². The topological polar surface area (TPSA) is 79.3 Å². The predicted molar refractivity (Wildman–Crippen MR) is 115 cm³/mol. The summed E-state index contributed by atoms with van der Waals surface area (Å²) >= 11 is 5.96. The standard InChI is InChI=1S/C23H18ClN3O4/c1-31-16-10-4-13(5-11-16)21(28)20-19-18(17-3-2-12-25-27(17)20)22(29)26(23(19)30)15-8-6-14(24)7-9-15/h2-12,17-20H,1H3/t17-,18-,19-,20+/m0/s1. The van der Waals surface area contributed by atoms with E-state index in [0.29, 0.717) is 22.0 Å². The number of halogens is 1. The second-order valence-corrected chi connectivity index (χ2v) is 8.03. The molecular weight excluding hydrogens is 418 g/mol. The average Bonchev–Trinajstić information content (AvgIpc) is 3.27. The van der Waals surface area contributed by atoms with E-state index in [4.69, 9.17) is 16.3 Å². The molecule has 4 atom stereocenters. The van der Waals surface area contributed by atoms with Crippen LogP contribution in [0.1, 0.15) is 10.4 Å². The number of hydrogen-bond donors (Lipinski definition) is 0. The van der Waals surface area contributed by atoms with Crippen molar-refractivity contribution in [2.45, 2.75) is 12.1 Å². The Hall–Kier alpha value is -3.45. The summed E-state index contributed by atoms with van der Waals surface area (Å²) in [6.07, 6.45) is 5.13. The molecule has 2 fully saturated rings. The molecule has 0 bridgehead atoms. The Morgan fingerprint density at radius 3 is 2.35 bits per heavy atom. The Morgan fingerprint density at radius 1 is 1.00 bits per heavy atom. The third kappa shape index (κ3) is 2.96. The smallest absolute Gasteiger partial charge is 0.240 e. The van der Waals surface area contributed by atoms with Crippen LogP contribution in [0.15, 0.2) is 65.8 Å². The van der Waals surface area contributed by atoms with E-state index in [9.17, 15) is 14.4 Å². The van der Waals surface area contributed by atoms with Crippen LogP contribution in [0.2, 0.25) is 5.02 Å². The fourth-order valence-corrected chi connectivity index (χ4v) is 4.73. The Labute approximate surface area is 183 Å². The number of allylic oxidation sites excluding steroid dienone is 1. The van der Waals surface area contributed by atoms with Crippen molar-refractivity contribution in [3.8, 4) is 5.75 Å². The molecule has 7 nitrogen and oxygen atoms in total. The zero-order valence-corrected chi connectivity index (χ0v) is 17.3. The van der Waals surface area contributed by atoms with Crippen LogP contribution in [0.5, 0.6) is 5.75 Å². The fraction of sp³-hybridized carbons (Fsp3) is 0.217. The molecule has 2 amide bonds. The number of anilines is 1. The van der Waals surface area contributed by atoms with Gasteiger partial charge in [0.1, 0.15) is 11.8 Å². The SMILES string of the molecule is COc1ccc(C(=O)[C@H]2[C@H]3C(=O)N(c4ccc(Cl)cc4)C(=O)[C@H]3[C@@H]3C=CC=NN32)cc1. The summed E-state index contributed by atoms with van der Waals surface area (Å²) in [6.45, 7) is 0. The number of Topliss-reactive ketones (excluding diaryl/α,β-unsaturated/α-hetero) is 1. The van der Waals surface area contributed by atoms with Gasteiger partial charge < -0.3 is 4.74 Å². The quantitative estimate of drug-likeness (QED) is 0.545. The maximum absolute atomic E-state index is 13.5. The lowest BCUT2D eigenvalue weighted by atomic mass is 9.86. The number of ketones is 1. The zero-order valence-electron chi connectivity index (χ0n) is 16.5. The number of carbonyl (C=O) groups excluding carboxylic acids is 3. The highest BCUT2D eigenvalue weighted by Gasteiger charge is 2.64. The van der Waals surface area contributed by atoms with Gasteiger partial charge in [0, 0.05) is 16.8 Å². The van der Waals surface area contributed by atoms with Crippen LogP contribution < -0.4 is 9.64 Å². The van der Waals surface area contributed by atoms with Crippen LogP contribution in [0.3, 0.4) is 0 Å². The molecule has 0 unspecified atom stereocenters. The number of rotatable bonds is 4. The molecule has 0 aliphatic carbocycles. The van der Waals surface area contributed by atoms with Crippen LogP contribution in [0.25, 0.3) is 0 Å². The number of amides is 2. The van der Waals surface area contributed by atoms with Gasteiger partial charge in [-0.05, 0) is 54.6 Å². The summed E-state index contributed by atoms with van der Waals surface area (Å²) in [5, 5.41) is 6.45. The van der Waals surface area contributed by atoms with E-state index < -0.39 is 29.8 Å². The Morgan fingerprint density at radius 2 is 1.68 bits per heavy atom. The minimum Gasteiger partial charge on any atom is -0.497 e. The minimum absolute atomic E-state index is 0.258. The van der Waals surface area contributed by atoms with Gasteiger partial charge in [0.15, 0.2) is 5.78 Å². The maximum atomic E-state index is 13.5. The van der Waals surface area contributed by atoms with Crippen molar-refractivity contribution >= 4 is 41.1 Å². The maximum Gasteiger partial charge on any atom is 0.240 e. The molecule has 156 valence electrons. The van der Waals surface area contributed by atoms with Gasteiger partial charge >= 0.3 is 0 Å². The van der Waals surface area contributed by atoms with Gasteiger partial charge in [0.25, 0.3) is 0 Å². The molecule has 0 aromatic heterocycles. The molecule has 0 spiro atoms. The van der Waals surface area contributed by atoms with Crippen molar-refractivity contribution in [2.75, 3.05) is 12.0 Å². The van der Waals surface area contributed by atoms with Crippen molar-refractivity contribution < 1.29 is 19.1 Å². The summed E-state index contributed by atoms with van der Waals surface area (Å²) in [4.78, 5) is 41.5. The summed E-state index contributed by atoms with van der Waals surface area (Å²) in [5.74, 6) is -1.89. The molecule has 0 N–H and O–H groups in total. The predicted octanol–water partition coefficient (Wildman–Crippen LogP) is 2.95. The number of methoxy groups -OCH3 is 1. The van der Waals surface area contributed by atoms with Crippen LogP contribution >= 0.6 is 11.6 Å². The number of ether oxygens (including phenoxy) is 1. The first kappa shape index (κ1) is 19.5. The average molecular weight is 436 g/mol. The lowest BCUT2D eigenvalue weighted by molar-refractivity contribution is -0.123. The van der Waals surface area contributed by atoms with Crippen molar-refractivity contribution in [3.63, 3.8) is 0 Å². The van der Waals surface area contributed by atoms with Crippen molar-refractivity contribution in [1.29, 1.82) is 0 Å². The molecule has 2 aromatic carbocycles. The van der Waals surface area contributed by atoms with E-state index in [1.54, 1.807) is 72.9 Å². The highest BCUT2D eigenvalue weighted by Crippen LogP contribution is 2.46. The molecular formula is C23H18ClN3O4. The molecule has 2 saturated heterocycles. The lowest BCUT2D eigenvalue weighted by Gasteiger charge is -2.30. The summed E-state index contributed by atoms with van der Waals surface area (Å²) in [5.41, 5.74) is 0.874. The Kier molecular flexibility index (Phi) is 4.63. The highest BCUT2D eigenvalue weighted by molar-refractivity contribution is 6.31. The summed E-state index contributed by atoms with van der Waals surface area (Å²) in [6, 6.07) is 11.9. The van der Waals surface area contributed by atoms with Crippen molar-refractivity contribution in [1.82, 2.24) is 5.01 Å². The van der Waals surface area contributed by atoms with Crippen LogP contribution in [-0.2, 0) is 9.59 Å². The largest absolute Gasteiger partial charge is 0.497 e. The van der Waals surface area contributed by atoms with Gasteiger partial charge in [0.2, 0.25) is 11.8 Å². The van der Waals surface area contributed by atoms with Gasteiger partial charge in [0.05, 0.1) is 30.7 Å². The van der Waals surface area contributed by atoms with E-state index >= 15 is 0 Å². The van der Waals surface area contributed by atoms with Crippen molar-refractivity contribution in [2.24, 2.45) is 16.9 Å². The minimum atomic E-state index is -0.877. The van der Waals surface area contributed by atoms with Gasteiger partial charge in [-0.3, -0.25) is 19.4 Å². The van der Waals surface area contributed by atoms with Gasteiger partial charge in [-0.25, -0.2) is 4.90 Å². The van der Waals surface area contributed by atoms with E-state index in [-0.39, 0.29) is 11.7 Å². The molecule has 0 saturated carbocycles. The molecule has 5 rings (SSSR count). The third-order valence-corrected chi connectivity index (χ3v) is 6.27. The zero-order chi connectivity index (χ0) is 21.7. The first-order valence-corrected chi connectivity index (χ1v) is 10.2. The molecule has 8 heteroatoms. The first-order valence-electron chi connectivity index (χ1n) is 9.82. The summed E-state index contributed by atoms with van der Waals surface area (Å²) < 4.78 is 5.16. The monoisotopic (exact) mass is 435 g/mol. The molecule has 0 radical (unpaired) electrons. The van der Waals surface area contributed by atoms with Crippen LogP contribution in [-0.4, -0.2) is 48.0 Å². The number of imide groups is 1. The second kappa shape index (κ2) is 7.35. The van der Waals surface area contributed by atoms with Gasteiger partial charge in [-0.15, -0.1) is 0 Å². The molecule has 3 aliphatic heterocycles. The first-order chi connectivity index (χ1) is 15.0. The fourth-order valence-electron chi connectivity index (χ4n) is 4.61. The Bertz CT molecular complexity index is 1130. The van der Waals surface area contributed by atoms with Crippen molar-refractivity contribution in [3.05, 3.63) is 71.3 Å². The molecule has 3 aliphatic rings. The number of hydrogen-bond acceptors (Lipinski definition) is 6. The molecule has 2 aromatic rings. The van der Waals surface area contributed by atoms with E-state index in [1.807, 2.05) is 6.08 Å². The number of hydrazone groups is 1. The normalized spacial score (nSPS) is 26.3. The van der Waals surface area contributed by atoms with Gasteiger partial charge in [-0.1, -0.05) is 17.7 Å². The number of nitrogens with zero attached hydrogens (tertiary/aromatic N) is 3. The number of fused-ring (bicyclic) bond motifs is 3. The molecule has 31 heavy (non-hydrogen) atoms. The number of benzene rings is 2. The Balaban J connectivity index is 1.55. The molecule has 3 heterocycles. The van der Waals surface area contributed by atoms with Crippen LogP contribution in [0, 0.1) is 11.8 Å². The third-order valence-electron chi connectivity index (χ3n) is 6.02. The second-order valence-electron chi connectivity index (χ2n) is 7.60. The highest BCUT2D eigenvalue weighted by atomic mass is 35.5. The van der Waals surface area contributed by atoms with Crippen LogP contribution in [0.4, 0.5) is 5.69 Å². The number of carbonyl (C=O) groups is 3. The lowest BCUT2D eigenvalue weighted by Crippen LogP contribution is -2.46. The summed E-state index contributed by atoms with van der Waals surface area (Å²) in [7, 11) is 1.55. The van der Waals surface area contributed by atoms with E-state index in [1.165, 1.54) is 4.90 Å². The van der Waals surface area contributed by atoms with E-state index in [0.717, 1.165) is 0 Å². The van der Waals surface area contributed by atoms with E-state index in [2.05, 4.69) is 5.10 Å².